The van der Waals surface area contributed by atoms with Gasteiger partial charge < -0.3 is 0 Å². The zero-order valence-electron chi connectivity index (χ0n) is 13.0. The second-order valence-corrected chi connectivity index (χ2v) is 5.52. The molecule has 0 atom stereocenters. The first-order chi connectivity index (χ1) is 10.7. The predicted molar refractivity (Wildman–Crippen MR) is 97.0 cm³/mol. The van der Waals surface area contributed by atoms with Crippen LogP contribution in [0.1, 0.15) is 25.0 Å². The Hall–Kier alpha value is -2.67. The Kier molecular flexibility index (Phi) is 3.88. The normalized spacial score (nSPS) is 11.6. The Labute approximate surface area is 131 Å². The standard InChI is InChI=1S/C21H19N/c1-15(2)18-11-6-7-14-21(18)22-16(3)19-13-8-10-17-9-4-5-12-20(17)19/h4-14H,1H2,2-3H3. The highest BCUT2D eigenvalue weighted by atomic mass is 14.7. The maximum absolute atomic E-state index is 4.86. The first-order valence-corrected chi connectivity index (χ1v) is 7.45. The van der Waals surface area contributed by atoms with Crippen LogP contribution in [0, 0.1) is 0 Å². The molecule has 0 fully saturated rings. The van der Waals surface area contributed by atoms with E-state index in [4.69, 9.17) is 4.99 Å². The lowest BCUT2D eigenvalue weighted by Crippen LogP contribution is -1.96. The molecular formula is C21H19N. The van der Waals surface area contributed by atoms with Crippen molar-refractivity contribution in [3.05, 3.63) is 84.4 Å². The molecule has 3 aromatic rings. The molecule has 0 saturated carbocycles. The average molecular weight is 285 g/mol. The van der Waals surface area contributed by atoms with Crippen molar-refractivity contribution in [3.63, 3.8) is 0 Å². The minimum atomic E-state index is 0.973. The molecule has 0 heterocycles. The molecule has 0 N–H and O–H groups in total. The number of allylic oxidation sites excluding steroid dienone is 1. The molecule has 0 saturated heterocycles. The summed E-state index contributed by atoms with van der Waals surface area (Å²) in [6.45, 7) is 8.13. The summed E-state index contributed by atoms with van der Waals surface area (Å²) < 4.78 is 0. The number of fused-ring (bicyclic) bond motifs is 1. The SMILES string of the molecule is C=C(C)c1ccccc1N=C(C)c1cccc2ccccc12. The quantitative estimate of drug-likeness (QED) is 0.522. The lowest BCUT2D eigenvalue weighted by molar-refractivity contribution is 1.45. The van der Waals surface area contributed by atoms with Crippen LogP contribution in [0.2, 0.25) is 0 Å². The van der Waals surface area contributed by atoms with Crippen molar-refractivity contribution in [1.29, 1.82) is 0 Å². The highest BCUT2D eigenvalue weighted by molar-refractivity contribution is 6.10. The van der Waals surface area contributed by atoms with Gasteiger partial charge in [0.2, 0.25) is 0 Å². The maximum atomic E-state index is 4.86. The minimum absolute atomic E-state index is 0.973. The molecule has 0 aliphatic carbocycles. The van der Waals surface area contributed by atoms with E-state index in [9.17, 15) is 0 Å². The highest BCUT2D eigenvalue weighted by Crippen LogP contribution is 2.27. The predicted octanol–water partition coefficient (Wildman–Crippen LogP) is 6.01. The van der Waals surface area contributed by atoms with Gasteiger partial charge in [-0.3, -0.25) is 4.99 Å². The molecular weight excluding hydrogens is 266 g/mol. The fraction of sp³-hybridized carbons (Fsp3) is 0.0952. The van der Waals surface area contributed by atoms with Crippen LogP contribution in [0.25, 0.3) is 16.3 Å². The molecule has 22 heavy (non-hydrogen) atoms. The summed E-state index contributed by atoms with van der Waals surface area (Å²) in [6, 6.07) is 22.9. The minimum Gasteiger partial charge on any atom is -0.252 e. The highest BCUT2D eigenvalue weighted by Gasteiger charge is 2.06. The smallest absolute Gasteiger partial charge is 0.0707 e. The zero-order valence-corrected chi connectivity index (χ0v) is 13.0. The summed E-state index contributed by atoms with van der Waals surface area (Å²) >= 11 is 0. The fourth-order valence-corrected chi connectivity index (χ4v) is 2.71. The van der Waals surface area contributed by atoms with Gasteiger partial charge in [0.15, 0.2) is 0 Å². The van der Waals surface area contributed by atoms with Gasteiger partial charge in [-0.15, -0.1) is 0 Å². The number of hydrogen-bond donors (Lipinski definition) is 0. The summed E-state index contributed by atoms with van der Waals surface area (Å²) in [7, 11) is 0. The van der Waals surface area contributed by atoms with Gasteiger partial charge in [-0.25, -0.2) is 0 Å². The van der Waals surface area contributed by atoms with Gasteiger partial charge >= 0.3 is 0 Å². The molecule has 0 unspecified atom stereocenters. The topological polar surface area (TPSA) is 12.4 Å². The van der Waals surface area contributed by atoms with Gasteiger partial charge in [-0.1, -0.05) is 67.2 Å². The van der Waals surface area contributed by atoms with E-state index in [-0.39, 0.29) is 0 Å². The van der Waals surface area contributed by atoms with Crippen LogP contribution in [0.15, 0.2) is 78.3 Å². The van der Waals surface area contributed by atoms with E-state index in [1.807, 2.05) is 25.1 Å². The Morgan fingerprint density at radius 3 is 2.23 bits per heavy atom. The molecule has 0 amide bonds. The van der Waals surface area contributed by atoms with Gasteiger partial charge in [-0.2, -0.15) is 0 Å². The van der Waals surface area contributed by atoms with E-state index < -0.39 is 0 Å². The second-order valence-electron chi connectivity index (χ2n) is 5.52. The first-order valence-electron chi connectivity index (χ1n) is 7.45. The van der Waals surface area contributed by atoms with Crippen molar-refractivity contribution >= 4 is 27.7 Å². The van der Waals surface area contributed by atoms with Crippen LogP contribution in [0.5, 0.6) is 0 Å². The summed E-state index contributed by atoms with van der Waals surface area (Å²) in [5.41, 5.74) is 5.30. The number of benzene rings is 3. The molecule has 108 valence electrons. The number of para-hydroxylation sites is 1. The molecule has 0 radical (unpaired) electrons. The molecule has 3 rings (SSSR count). The van der Waals surface area contributed by atoms with Gasteiger partial charge in [0.1, 0.15) is 0 Å². The van der Waals surface area contributed by atoms with E-state index in [1.165, 1.54) is 16.3 Å². The maximum Gasteiger partial charge on any atom is 0.0707 e. The van der Waals surface area contributed by atoms with Crippen LogP contribution in [0.4, 0.5) is 5.69 Å². The Balaban J connectivity index is 2.14. The van der Waals surface area contributed by atoms with Gasteiger partial charge in [0.05, 0.1) is 5.69 Å². The summed E-state index contributed by atoms with van der Waals surface area (Å²) in [4.78, 5) is 4.86. The molecule has 0 aliphatic heterocycles. The molecule has 3 aromatic carbocycles. The third-order valence-corrected chi connectivity index (χ3v) is 3.83. The van der Waals surface area contributed by atoms with E-state index in [0.717, 1.165) is 22.5 Å². The summed E-state index contributed by atoms with van der Waals surface area (Å²) in [6.07, 6.45) is 0. The third kappa shape index (κ3) is 2.71. The summed E-state index contributed by atoms with van der Waals surface area (Å²) in [5.74, 6) is 0. The number of aliphatic imine (C=N–C) groups is 1. The molecule has 0 aliphatic rings. The number of rotatable bonds is 3. The van der Waals surface area contributed by atoms with Crippen molar-refractivity contribution in [2.24, 2.45) is 4.99 Å². The fourth-order valence-electron chi connectivity index (χ4n) is 2.71. The molecule has 1 nitrogen and oxygen atoms in total. The monoisotopic (exact) mass is 285 g/mol. The number of hydrogen-bond acceptors (Lipinski definition) is 1. The average Bonchev–Trinajstić information content (AvgIpc) is 2.54. The van der Waals surface area contributed by atoms with Crippen LogP contribution in [0.3, 0.4) is 0 Å². The third-order valence-electron chi connectivity index (χ3n) is 3.83. The van der Waals surface area contributed by atoms with Crippen LogP contribution < -0.4 is 0 Å². The lowest BCUT2D eigenvalue weighted by Gasteiger charge is -2.09. The zero-order chi connectivity index (χ0) is 15.5. The second kappa shape index (κ2) is 5.98. The van der Waals surface area contributed by atoms with Crippen molar-refractivity contribution in [2.75, 3.05) is 0 Å². The van der Waals surface area contributed by atoms with Crippen molar-refractivity contribution in [1.82, 2.24) is 0 Å². The first kappa shape index (κ1) is 14.3. The van der Waals surface area contributed by atoms with Crippen molar-refractivity contribution in [3.8, 4) is 0 Å². The van der Waals surface area contributed by atoms with Crippen LogP contribution >= 0.6 is 0 Å². The van der Waals surface area contributed by atoms with Crippen LogP contribution in [-0.4, -0.2) is 5.71 Å². The molecule has 0 aromatic heterocycles. The van der Waals surface area contributed by atoms with Crippen molar-refractivity contribution in [2.45, 2.75) is 13.8 Å². The van der Waals surface area contributed by atoms with E-state index >= 15 is 0 Å². The Bertz CT molecular complexity index is 866. The molecule has 0 spiro atoms. The van der Waals surface area contributed by atoms with Crippen molar-refractivity contribution < 1.29 is 0 Å². The summed E-state index contributed by atoms with van der Waals surface area (Å²) in [5, 5.41) is 2.47. The van der Waals surface area contributed by atoms with Gasteiger partial charge in [0, 0.05) is 16.8 Å². The molecule has 0 bridgehead atoms. The molecule has 1 heteroatoms. The van der Waals surface area contributed by atoms with E-state index in [0.29, 0.717) is 0 Å². The van der Waals surface area contributed by atoms with Crippen LogP contribution in [-0.2, 0) is 0 Å². The Morgan fingerprint density at radius 2 is 1.41 bits per heavy atom. The van der Waals surface area contributed by atoms with Gasteiger partial charge in [0.25, 0.3) is 0 Å². The Morgan fingerprint density at radius 1 is 0.773 bits per heavy atom. The van der Waals surface area contributed by atoms with E-state index in [2.05, 4.69) is 62.0 Å². The largest absolute Gasteiger partial charge is 0.252 e. The van der Waals surface area contributed by atoms with E-state index in [1.54, 1.807) is 0 Å². The number of nitrogens with zero attached hydrogens (tertiary/aromatic N) is 1. The van der Waals surface area contributed by atoms with Gasteiger partial charge in [-0.05, 0) is 36.3 Å². The lowest BCUT2D eigenvalue weighted by atomic mass is 10.0.